The van der Waals surface area contributed by atoms with Crippen molar-refractivity contribution in [2.24, 2.45) is 0 Å². The van der Waals surface area contributed by atoms with E-state index in [9.17, 15) is 9.59 Å². The minimum atomic E-state index is -0.593. The van der Waals surface area contributed by atoms with Crippen molar-refractivity contribution in [3.05, 3.63) is 22.3 Å². The van der Waals surface area contributed by atoms with E-state index < -0.39 is 11.6 Å². The van der Waals surface area contributed by atoms with E-state index in [0.29, 0.717) is 0 Å². The van der Waals surface area contributed by atoms with Crippen molar-refractivity contribution in [1.82, 2.24) is 0 Å². The number of Topliss-reactive ketones (excluding diaryl/α,β-unsaturated/α-hetero) is 2. The van der Waals surface area contributed by atoms with Gasteiger partial charge in [0.25, 0.3) is 5.78 Å². The molecule has 0 saturated carbocycles. The van der Waals surface area contributed by atoms with Gasteiger partial charge in [-0.2, -0.15) is 0 Å². The molecule has 0 unspecified atom stereocenters. The Morgan fingerprint density at radius 2 is 1.17 bits per heavy atom. The van der Waals surface area contributed by atoms with Crippen LogP contribution in [0, 0.1) is 0 Å². The van der Waals surface area contributed by atoms with Crippen LogP contribution in [0.1, 0.15) is 20.8 Å². The van der Waals surface area contributed by atoms with E-state index in [4.69, 9.17) is 25.8 Å². The van der Waals surface area contributed by atoms with E-state index in [2.05, 4.69) is 0 Å². The molecule has 0 atom stereocenters. The van der Waals surface area contributed by atoms with Crippen LogP contribution in [0.25, 0.3) is 0 Å². The molecule has 0 N–H and O–H groups in total. The number of hydrogen-bond donors (Lipinski definition) is 0. The maximum absolute atomic E-state index is 12.1. The molecule has 0 spiro atoms. The zero-order valence-corrected chi connectivity index (χ0v) is 11.3. The molecule has 0 saturated heterocycles. The molecule has 0 bridgehead atoms. The second kappa shape index (κ2) is 6.44. The van der Waals surface area contributed by atoms with Gasteiger partial charge in [0.15, 0.2) is 5.76 Å². The first-order valence-electron chi connectivity index (χ1n) is 5.70. The maximum atomic E-state index is 12.1. The van der Waals surface area contributed by atoms with E-state index >= 15 is 0 Å². The summed E-state index contributed by atoms with van der Waals surface area (Å²) in [4.78, 5) is 24.0. The highest BCUT2D eigenvalue weighted by Gasteiger charge is 2.38. The van der Waals surface area contributed by atoms with Crippen LogP contribution in [0.4, 0.5) is 0 Å². The third-order valence-electron chi connectivity index (χ3n) is 2.09. The Morgan fingerprint density at radius 1 is 0.778 bits per heavy atom. The van der Waals surface area contributed by atoms with E-state index in [1.807, 2.05) is 0 Å². The molecule has 6 heteroatoms. The fraction of sp³-hybridized carbons (Fsp3) is 0.500. The van der Waals surface area contributed by atoms with Crippen molar-refractivity contribution in [2.45, 2.75) is 20.8 Å². The van der Waals surface area contributed by atoms with E-state index in [1.54, 1.807) is 20.8 Å². The molecule has 0 amide bonds. The molecule has 100 valence electrons. The number of hydrogen-bond acceptors (Lipinski definition) is 5. The van der Waals surface area contributed by atoms with Crippen LogP contribution >= 0.6 is 11.6 Å². The summed E-state index contributed by atoms with van der Waals surface area (Å²) < 4.78 is 15.4. The average molecular weight is 275 g/mol. The minimum Gasteiger partial charge on any atom is -0.488 e. The Kier molecular flexibility index (Phi) is 5.22. The van der Waals surface area contributed by atoms with Gasteiger partial charge in [0.2, 0.25) is 17.3 Å². The lowest BCUT2D eigenvalue weighted by molar-refractivity contribution is -0.124. The van der Waals surface area contributed by atoms with Crippen molar-refractivity contribution < 1.29 is 23.8 Å². The first kappa shape index (κ1) is 14.6. The molecular weight excluding hydrogens is 260 g/mol. The summed E-state index contributed by atoms with van der Waals surface area (Å²) in [6.45, 7) is 5.80. The van der Waals surface area contributed by atoms with Crippen LogP contribution in [-0.4, -0.2) is 31.4 Å². The predicted octanol–water partition coefficient (Wildman–Crippen LogP) is 1.91. The Labute approximate surface area is 110 Å². The Balaban J connectivity index is 3.21. The van der Waals surface area contributed by atoms with Gasteiger partial charge in [-0.1, -0.05) is 11.6 Å². The topological polar surface area (TPSA) is 61.8 Å². The largest absolute Gasteiger partial charge is 0.488 e. The molecule has 18 heavy (non-hydrogen) atoms. The van der Waals surface area contributed by atoms with Gasteiger partial charge in [0.05, 0.1) is 19.8 Å². The van der Waals surface area contributed by atoms with Crippen molar-refractivity contribution in [1.29, 1.82) is 0 Å². The van der Waals surface area contributed by atoms with Gasteiger partial charge >= 0.3 is 0 Å². The van der Waals surface area contributed by atoms with Crippen molar-refractivity contribution in [3.8, 4) is 0 Å². The molecular formula is C12H15ClO5. The summed E-state index contributed by atoms with van der Waals surface area (Å²) >= 11 is 5.82. The van der Waals surface area contributed by atoms with E-state index in [0.717, 1.165) is 0 Å². The second-order valence-corrected chi connectivity index (χ2v) is 3.64. The first-order chi connectivity index (χ1) is 8.58. The van der Waals surface area contributed by atoms with Crippen LogP contribution in [0.3, 0.4) is 0 Å². The summed E-state index contributed by atoms with van der Waals surface area (Å²) in [7, 11) is 0. The van der Waals surface area contributed by atoms with E-state index in [-0.39, 0.29) is 42.1 Å². The summed E-state index contributed by atoms with van der Waals surface area (Å²) in [6, 6.07) is 0. The highest BCUT2D eigenvalue weighted by Crippen LogP contribution is 2.29. The normalized spacial score (nSPS) is 16.2. The number of ketones is 2. The van der Waals surface area contributed by atoms with Gasteiger partial charge in [0.1, 0.15) is 5.03 Å². The molecule has 0 aromatic heterocycles. The number of carbonyl (C=O) groups excluding carboxylic acids is 2. The number of allylic oxidation sites excluding steroid dienone is 1. The zero-order chi connectivity index (χ0) is 13.7. The second-order valence-electron chi connectivity index (χ2n) is 3.26. The number of ether oxygens (including phenoxy) is 3. The monoisotopic (exact) mass is 274 g/mol. The predicted molar refractivity (Wildman–Crippen MR) is 64.8 cm³/mol. The quantitative estimate of drug-likeness (QED) is 0.693. The standard InChI is InChI=1S/C12H15ClO5/c1-4-16-10-7(13)8(14)11(17-5-2)12(9(10)15)18-6-3/h4-6H2,1-3H3. The number of halogens is 1. The summed E-state index contributed by atoms with van der Waals surface area (Å²) in [5.41, 5.74) is 0. The van der Waals surface area contributed by atoms with Crippen molar-refractivity contribution in [3.63, 3.8) is 0 Å². The molecule has 0 heterocycles. The smallest absolute Gasteiger partial charge is 0.267 e. The third-order valence-corrected chi connectivity index (χ3v) is 2.43. The van der Waals surface area contributed by atoms with Gasteiger partial charge in [-0.25, -0.2) is 0 Å². The van der Waals surface area contributed by atoms with Crippen LogP contribution in [0.2, 0.25) is 0 Å². The fourth-order valence-corrected chi connectivity index (χ4v) is 1.66. The van der Waals surface area contributed by atoms with Gasteiger partial charge < -0.3 is 14.2 Å². The van der Waals surface area contributed by atoms with Crippen molar-refractivity contribution in [2.75, 3.05) is 19.8 Å². The maximum Gasteiger partial charge on any atom is 0.267 e. The third kappa shape index (κ3) is 2.67. The molecule has 0 fully saturated rings. The van der Waals surface area contributed by atoms with Crippen LogP contribution in [-0.2, 0) is 23.8 Å². The SMILES string of the molecule is CCOC1=C(Cl)C(=O)C(OCC)=C(OCC)C1=O. The van der Waals surface area contributed by atoms with Crippen LogP contribution < -0.4 is 0 Å². The molecule has 0 aromatic carbocycles. The average Bonchev–Trinajstić information content (AvgIpc) is 2.36. The Morgan fingerprint density at radius 3 is 1.61 bits per heavy atom. The highest BCUT2D eigenvalue weighted by molar-refractivity contribution is 6.48. The van der Waals surface area contributed by atoms with Crippen LogP contribution in [0.15, 0.2) is 22.3 Å². The molecule has 1 aliphatic rings. The lowest BCUT2D eigenvalue weighted by Gasteiger charge is -2.20. The molecule has 5 nitrogen and oxygen atoms in total. The molecule has 0 aromatic rings. The van der Waals surface area contributed by atoms with E-state index in [1.165, 1.54) is 0 Å². The molecule has 0 radical (unpaired) electrons. The van der Waals surface area contributed by atoms with Gasteiger partial charge in [-0.05, 0) is 20.8 Å². The molecule has 1 aliphatic carbocycles. The summed E-state index contributed by atoms with van der Waals surface area (Å²) in [5, 5.41) is -0.270. The van der Waals surface area contributed by atoms with Gasteiger partial charge in [0, 0.05) is 0 Å². The van der Waals surface area contributed by atoms with Crippen molar-refractivity contribution >= 4 is 23.2 Å². The van der Waals surface area contributed by atoms with Gasteiger partial charge in [-0.15, -0.1) is 0 Å². The zero-order valence-electron chi connectivity index (χ0n) is 10.5. The summed E-state index contributed by atoms with van der Waals surface area (Å²) in [6.07, 6.45) is 0. The lowest BCUT2D eigenvalue weighted by Crippen LogP contribution is -2.26. The van der Waals surface area contributed by atoms with Crippen LogP contribution in [0.5, 0.6) is 0 Å². The number of carbonyl (C=O) groups is 2. The number of rotatable bonds is 6. The Bertz CT molecular complexity index is 422. The Hall–Kier alpha value is -1.49. The minimum absolute atomic E-state index is 0.141. The lowest BCUT2D eigenvalue weighted by atomic mass is 10.1. The molecule has 0 aliphatic heterocycles. The van der Waals surface area contributed by atoms with Gasteiger partial charge in [-0.3, -0.25) is 9.59 Å². The first-order valence-corrected chi connectivity index (χ1v) is 6.07. The fourth-order valence-electron chi connectivity index (χ4n) is 1.44. The highest BCUT2D eigenvalue weighted by atomic mass is 35.5. The molecule has 1 rings (SSSR count). The summed E-state index contributed by atoms with van der Waals surface area (Å²) in [5.74, 6) is -1.64.